The van der Waals surface area contributed by atoms with E-state index in [9.17, 15) is 9.59 Å². The Bertz CT molecular complexity index is 895. The van der Waals surface area contributed by atoms with Gasteiger partial charge in [0.2, 0.25) is 5.75 Å². The lowest BCUT2D eigenvalue weighted by Gasteiger charge is -2.21. The number of aromatic amines is 2. The first kappa shape index (κ1) is 17.7. The number of nitrogens with one attached hydrogen (secondary N) is 2. The molecule has 0 fully saturated rings. The molecule has 9 heteroatoms. The standard InChI is InChI=1S/C17H22N4O5/c1-5-20-9-21(13-15(20)18-17(23)19-16(13)22)8-10-6-11(24-2)14(26-4)12(7-10)25-3/h6-7H,5,8-9H2,1-4H3,(H2,18,19,22,23). The van der Waals surface area contributed by atoms with E-state index in [0.29, 0.717) is 48.5 Å². The molecule has 0 saturated heterocycles. The molecule has 26 heavy (non-hydrogen) atoms. The van der Waals surface area contributed by atoms with Crippen LogP contribution in [0.25, 0.3) is 0 Å². The fraction of sp³-hybridized carbons (Fsp3) is 0.412. The first-order valence-electron chi connectivity index (χ1n) is 8.17. The van der Waals surface area contributed by atoms with Crippen molar-refractivity contribution < 1.29 is 14.2 Å². The third-order valence-corrected chi connectivity index (χ3v) is 4.35. The highest BCUT2D eigenvalue weighted by atomic mass is 16.5. The number of hydrogen-bond donors (Lipinski definition) is 2. The maximum absolute atomic E-state index is 12.3. The van der Waals surface area contributed by atoms with Crippen molar-refractivity contribution in [1.29, 1.82) is 0 Å². The van der Waals surface area contributed by atoms with Gasteiger partial charge in [-0.15, -0.1) is 0 Å². The van der Waals surface area contributed by atoms with Crippen molar-refractivity contribution in [3.63, 3.8) is 0 Å². The number of rotatable bonds is 6. The third kappa shape index (κ3) is 2.96. The summed E-state index contributed by atoms with van der Waals surface area (Å²) in [7, 11) is 4.66. The molecule has 2 aromatic rings. The average Bonchev–Trinajstić information content (AvgIpc) is 2.98. The van der Waals surface area contributed by atoms with Crippen molar-refractivity contribution in [2.24, 2.45) is 0 Å². The van der Waals surface area contributed by atoms with Gasteiger partial charge in [0.05, 0.1) is 28.0 Å². The van der Waals surface area contributed by atoms with E-state index in [-0.39, 0.29) is 0 Å². The number of fused-ring (bicyclic) bond motifs is 1. The van der Waals surface area contributed by atoms with Gasteiger partial charge in [0.1, 0.15) is 11.5 Å². The predicted molar refractivity (Wildman–Crippen MR) is 97.9 cm³/mol. The fourth-order valence-electron chi connectivity index (χ4n) is 3.17. The Hall–Kier alpha value is -3.10. The zero-order chi connectivity index (χ0) is 18.8. The van der Waals surface area contributed by atoms with Crippen molar-refractivity contribution in [1.82, 2.24) is 9.97 Å². The van der Waals surface area contributed by atoms with Crippen LogP contribution in [-0.2, 0) is 6.54 Å². The summed E-state index contributed by atoms with van der Waals surface area (Å²) in [6, 6.07) is 3.69. The van der Waals surface area contributed by atoms with E-state index in [0.717, 1.165) is 5.56 Å². The summed E-state index contributed by atoms with van der Waals surface area (Å²) in [5.41, 5.74) is 0.406. The Morgan fingerprint density at radius 1 is 1.00 bits per heavy atom. The summed E-state index contributed by atoms with van der Waals surface area (Å²) in [6.45, 7) is 3.56. The summed E-state index contributed by atoms with van der Waals surface area (Å²) in [5.74, 6) is 2.14. The summed E-state index contributed by atoms with van der Waals surface area (Å²) >= 11 is 0. The van der Waals surface area contributed by atoms with Crippen LogP contribution in [0.1, 0.15) is 12.5 Å². The number of ether oxygens (including phenoxy) is 3. The first-order chi connectivity index (χ1) is 12.5. The molecule has 9 nitrogen and oxygen atoms in total. The van der Waals surface area contributed by atoms with E-state index >= 15 is 0 Å². The normalized spacial score (nSPS) is 12.9. The van der Waals surface area contributed by atoms with E-state index in [1.807, 2.05) is 28.9 Å². The van der Waals surface area contributed by atoms with Crippen molar-refractivity contribution in [2.45, 2.75) is 13.5 Å². The highest BCUT2D eigenvalue weighted by Crippen LogP contribution is 2.39. The average molecular weight is 362 g/mol. The van der Waals surface area contributed by atoms with E-state index in [1.54, 1.807) is 21.3 Å². The van der Waals surface area contributed by atoms with E-state index < -0.39 is 11.2 Å². The van der Waals surface area contributed by atoms with Crippen LogP contribution in [0.5, 0.6) is 17.2 Å². The molecule has 0 atom stereocenters. The second kappa shape index (κ2) is 7.03. The second-order valence-corrected chi connectivity index (χ2v) is 5.83. The van der Waals surface area contributed by atoms with Gasteiger partial charge >= 0.3 is 5.69 Å². The zero-order valence-corrected chi connectivity index (χ0v) is 15.2. The number of nitrogens with zero attached hydrogens (tertiary/aromatic N) is 2. The SMILES string of the molecule is CCN1CN(Cc2cc(OC)c(OC)c(OC)c2)c2c1[nH]c(=O)[nH]c2=O. The van der Waals surface area contributed by atoms with E-state index in [4.69, 9.17) is 14.2 Å². The van der Waals surface area contributed by atoms with Crippen LogP contribution in [0.2, 0.25) is 0 Å². The molecule has 0 radical (unpaired) electrons. The van der Waals surface area contributed by atoms with Gasteiger partial charge in [0.25, 0.3) is 5.56 Å². The highest BCUT2D eigenvalue weighted by Gasteiger charge is 2.29. The minimum absolute atomic E-state index is 0.410. The van der Waals surface area contributed by atoms with Gasteiger partial charge in [0.15, 0.2) is 11.5 Å². The second-order valence-electron chi connectivity index (χ2n) is 5.83. The lowest BCUT2D eigenvalue weighted by molar-refractivity contribution is 0.324. The molecule has 1 aliphatic heterocycles. The van der Waals surface area contributed by atoms with Gasteiger partial charge in [-0.2, -0.15) is 0 Å². The number of H-pyrrole nitrogens is 2. The van der Waals surface area contributed by atoms with Gasteiger partial charge < -0.3 is 24.0 Å². The number of hydrogen-bond acceptors (Lipinski definition) is 7. The summed E-state index contributed by atoms with van der Waals surface area (Å²) in [4.78, 5) is 32.8. The van der Waals surface area contributed by atoms with Gasteiger partial charge in [-0.1, -0.05) is 0 Å². The monoisotopic (exact) mass is 362 g/mol. The van der Waals surface area contributed by atoms with Gasteiger partial charge in [-0.25, -0.2) is 4.79 Å². The molecular formula is C17H22N4O5. The molecule has 0 spiro atoms. The Morgan fingerprint density at radius 3 is 2.19 bits per heavy atom. The van der Waals surface area contributed by atoms with Crippen LogP contribution in [0.15, 0.2) is 21.7 Å². The lowest BCUT2D eigenvalue weighted by atomic mass is 10.1. The maximum atomic E-state index is 12.3. The number of methoxy groups -OCH3 is 3. The highest BCUT2D eigenvalue weighted by molar-refractivity contribution is 5.71. The van der Waals surface area contributed by atoms with Crippen LogP contribution in [-0.4, -0.2) is 44.5 Å². The van der Waals surface area contributed by atoms with Crippen molar-refractivity contribution in [2.75, 3.05) is 44.3 Å². The zero-order valence-electron chi connectivity index (χ0n) is 15.2. The Kier molecular flexibility index (Phi) is 4.79. The van der Waals surface area contributed by atoms with Gasteiger partial charge in [-0.05, 0) is 24.6 Å². The minimum atomic E-state index is -0.512. The number of anilines is 2. The Balaban J connectivity index is 2.01. The molecule has 3 rings (SSSR count). The molecular weight excluding hydrogens is 340 g/mol. The molecule has 0 unspecified atom stereocenters. The largest absolute Gasteiger partial charge is 0.493 e. The van der Waals surface area contributed by atoms with Crippen molar-refractivity contribution in [3.05, 3.63) is 38.5 Å². The first-order valence-corrected chi connectivity index (χ1v) is 8.17. The van der Waals surface area contributed by atoms with Crippen LogP contribution in [0.3, 0.4) is 0 Å². The maximum Gasteiger partial charge on any atom is 0.327 e. The molecule has 0 amide bonds. The van der Waals surface area contributed by atoms with Crippen LogP contribution in [0, 0.1) is 0 Å². The van der Waals surface area contributed by atoms with Crippen LogP contribution < -0.4 is 35.3 Å². The quantitative estimate of drug-likeness (QED) is 0.787. The van der Waals surface area contributed by atoms with E-state index in [2.05, 4.69) is 9.97 Å². The van der Waals surface area contributed by atoms with Crippen molar-refractivity contribution >= 4 is 11.5 Å². The summed E-state index contributed by atoms with van der Waals surface area (Å²) in [5, 5.41) is 0. The fourth-order valence-corrected chi connectivity index (χ4v) is 3.17. The van der Waals surface area contributed by atoms with Crippen LogP contribution >= 0.6 is 0 Å². The number of benzene rings is 1. The minimum Gasteiger partial charge on any atom is -0.493 e. The smallest absolute Gasteiger partial charge is 0.327 e. The predicted octanol–water partition coefficient (Wildman–Crippen LogP) is 0.893. The molecule has 0 aliphatic carbocycles. The molecule has 1 aliphatic rings. The third-order valence-electron chi connectivity index (χ3n) is 4.35. The molecule has 140 valence electrons. The van der Waals surface area contributed by atoms with Gasteiger partial charge in [-0.3, -0.25) is 14.8 Å². The molecule has 0 saturated carbocycles. The van der Waals surface area contributed by atoms with Crippen LogP contribution in [0.4, 0.5) is 11.5 Å². The number of aromatic nitrogens is 2. The Morgan fingerprint density at radius 2 is 1.65 bits per heavy atom. The molecule has 0 bridgehead atoms. The molecule has 2 N–H and O–H groups in total. The molecule has 2 heterocycles. The molecule has 1 aromatic carbocycles. The van der Waals surface area contributed by atoms with Gasteiger partial charge in [0, 0.05) is 13.1 Å². The summed E-state index contributed by atoms with van der Waals surface area (Å²) in [6.07, 6.45) is 0. The topological polar surface area (TPSA) is 99.9 Å². The van der Waals surface area contributed by atoms with Crippen molar-refractivity contribution in [3.8, 4) is 17.2 Å². The summed E-state index contributed by atoms with van der Waals surface area (Å²) < 4.78 is 16.1. The van der Waals surface area contributed by atoms with E-state index in [1.165, 1.54) is 0 Å². The Labute approximate surface area is 150 Å². The lowest BCUT2D eigenvalue weighted by Crippen LogP contribution is -2.31. The molecule has 1 aromatic heterocycles.